The van der Waals surface area contributed by atoms with Gasteiger partial charge in [0, 0.05) is 39.1 Å². The maximum atomic E-state index is 14.6. The molecule has 4 heterocycles. The number of hydrogen-bond acceptors (Lipinski definition) is 8. The van der Waals surface area contributed by atoms with Crippen molar-refractivity contribution in [2.24, 2.45) is 0 Å². The summed E-state index contributed by atoms with van der Waals surface area (Å²) in [4.78, 5) is 30.7. The van der Waals surface area contributed by atoms with Gasteiger partial charge in [0.25, 0.3) is 5.56 Å². The largest absolute Gasteiger partial charge is 0.368 e. The van der Waals surface area contributed by atoms with Crippen molar-refractivity contribution in [1.82, 2.24) is 29.9 Å². The zero-order valence-electron chi connectivity index (χ0n) is 17.4. The molecule has 9 nitrogen and oxygen atoms in total. The Balaban J connectivity index is 1.51. The van der Waals surface area contributed by atoms with E-state index in [2.05, 4.69) is 30.6 Å². The molecule has 1 fully saturated rings. The topological polar surface area (TPSA) is 101 Å². The van der Waals surface area contributed by atoms with Crippen molar-refractivity contribution < 1.29 is 4.39 Å². The van der Waals surface area contributed by atoms with Gasteiger partial charge in [0.2, 0.25) is 0 Å². The number of anilines is 1. The van der Waals surface area contributed by atoms with Crippen molar-refractivity contribution in [3.8, 4) is 0 Å². The molecule has 1 saturated heterocycles. The zero-order chi connectivity index (χ0) is 22.9. The van der Waals surface area contributed by atoms with E-state index in [4.69, 9.17) is 23.2 Å². The number of fused-ring (bicyclic) bond motifs is 2. The van der Waals surface area contributed by atoms with E-state index in [1.165, 1.54) is 23.1 Å². The standard InChI is InChI=1S/C21H19Cl2FN8O/c22-12-1-2-13(24)18-17(12)21(33)32(31-9-7-25-8-10-31)16(30-18)5-6-26-20-19-14(27-11-28-20)3-4-15(23)29-19/h1-4,11,25H,5-10H2,(H,26,27,28). The van der Waals surface area contributed by atoms with E-state index in [1.54, 1.807) is 12.1 Å². The first-order valence-corrected chi connectivity index (χ1v) is 11.2. The Hall–Kier alpha value is -3.08. The monoisotopic (exact) mass is 488 g/mol. The van der Waals surface area contributed by atoms with Gasteiger partial charge in [0.1, 0.15) is 34.2 Å². The highest BCUT2D eigenvalue weighted by atomic mass is 35.5. The summed E-state index contributed by atoms with van der Waals surface area (Å²) in [6.45, 7) is 3.03. The molecular weight excluding hydrogens is 470 g/mol. The lowest BCUT2D eigenvalue weighted by atomic mass is 10.2. The fraction of sp³-hybridized carbons (Fsp3) is 0.286. The minimum absolute atomic E-state index is 0.0326. The predicted octanol–water partition coefficient (Wildman–Crippen LogP) is 2.38. The number of hydrogen-bond donors (Lipinski definition) is 2. The van der Waals surface area contributed by atoms with Crippen LogP contribution in [0.4, 0.5) is 10.2 Å². The molecule has 1 aromatic carbocycles. The molecule has 12 heteroatoms. The van der Waals surface area contributed by atoms with Crippen LogP contribution in [0.1, 0.15) is 5.82 Å². The molecule has 4 aromatic rings. The maximum Gasteiger partial charge on any atom is 0.281 e. The number of pyridine rings is 1. The lowest BCUT2D eigenvalue weighted by Crippen LogP contribution is -2.54. The molecule has 0 unspecified atom stereocenters. The highest BCUT2D eigenvalue weighted by molar-refractivity contribution is 6.35. The number of rotatable bonds is 5. The van der Waals surface area contributed by atoms with Crippen LogP contribution in [0.25, 0.3) is 21.9 Å². The first-order chi connectivity index (χ1) is 16.0. The quantitative estimate of drug-likeness (QED) is 0.413. The Kier molecular flexibility index (Phi) is 5.96. The van der Waals surface area contributed by atoms with E-state index in [1.807, 2.05) is 5.01 Å². The number of benzene rings is 1. The summed E-state index contributed by atoms with van der Waals surface area (Å²) in [5, 5.41) is 8.95. The Labute approximate surface area is 197 Å². The SMILES string of the molecule is O=c1c2c(Cl)ccc(F)c2nc(CCNc2ncnc3ccc(Cl)nc23)n1N1CCNCC1. The molecule has 0 amide bonds. The van der Waals surface area contributed by atoms with Gasteiger partial charge in [0.15, 0.2) is 5.82 Å². The van der Waals surface area contributed by atoms with Crippen molar-refractivity contribution >= 4 is 51.0 Å². The highest BCUT2D eigenvalue weighted by Gasteiger charge is 2.21. The first kappa shape index (κ1) is 21.7. The van der Waals surface area contributed by atoms with Crippen molar-refractivity contribution in [2.75, 3.05) is 43.0 Å². The minimum Gasteiger partial charge on any atom is -0.368 e. The maximum absolute atomic E-state index is 14.6. The summed E-state index contributed by atoms with van der Waals surface area (Å²) in [7, 11) is 0. The Morgan fingerprint density at radius 3 is 2.70 bits per heavy atom. The molecule has 0 spiro atoms. The average Bonchev–Trinajstić information content (AvgIpc) is 2.82. The summed E-state index contributed by atoms with van der Waals surface area (Å²) >= 11 is 12.3. The molecule has 5 rings (SSSR count). The van der Waals surface area contributed by atoms with Gasteiger partial charge in [-0.3, -0.25) is 4.79 Å². The van der Waals surface area contributed by atoms with Crippen LogP contribution in [0.2, 0.25) is 10.2 Å². The van der Waals surface area contributed by atoms with Crippen LogP contribution in [0.15, 0.2) is 35.4 Å². The summed E-state index contributed by atoms with van der Waals surface area (Å²) in [6.07, 6.45) is 1.76. The Morgan fingerprint density at radius 2 is 1.88 bits per heavy atom. The molecule has 1 aliphatic rings. The molecular formula is C21H19Cl2FN8O. The summed E-state index contributed by atoms with van der Waals surface area (Å²) < 4.78 is 16.1. The molecule has 3 aromatic heterocycles. The second-order valence-corrected chi connectivity index (χ2v) is 8.30. The summed E-state index contributed by atoms with van der Waals surface area (Å²) in [5.74, 6) is 0.342. The Morgan fingerprint density at radius 1 is 1.06 bits per heavy atom. The van der Waals surface area contributed by atoms with Gasteiger partial charge >= 0.3 is 0 Å². The summed E-state index contributed by atoms with van der Waals surface area (Å²) in [6, 6.07) is 6.02. The third-order valence-corrected chi connectivity index (χ3v) is 5.96. The summed E-state index contributed by atoms with van der Waals surface area (Å²) in [5.41, 5.74) is 0.765. The van der Waals surface area contributed by atoms with E-state index < -0.39 is 5.82 Å². The number of halogens is 3. The van der Waals surface area contributed by atoms with Gasteiger partial charge in [-0.05, 0) is 24.3 Å². The van der Waals surface area contributed by atoms with Crippen LogP contribution in [0, 0.1) is 5.82 Å². The first-order valence-electron chi connectivity index (χ1n) is 10.4. The van der Waals surface area contributed by atoms with Crippen LogP contribution in [0.3, 0.4) is 0 Å². The third kappa shape index (κ3) is 4.17. The van der Waals surface area contributed by atoms with E-state index in [0.29, 0.717) is 53.9 Å². The van der Waals surface area contributed by atoms with E-state index in [9.17, 15) is 9.18 Å². The molecule has 33 heavy (non-hydrogen) atoms. The second-order valence-electron chi connectivity index (χ2n) is 7.50. The molecule has 0 aliphatic carbocycles. The predicted molar refractivity (Wildman–Crippen MR) is 126 cm³/mol. The van der Waals surface area contributed by atoms with E-state index in [0.717, 1.165) is 13.1 Å². The van der Waals surface area contributed by atoms with Crippen LogP contribution in [-0.4, -0.2) is 57.3 Å². The van der Waals surface area contributed by atoms with Gasteiger partial charge < -0.3 is 15.6 Å². The van der Waals surface area contributed by atoms with Gasteiger partial charge in [-0.15, -0.1) is 0 Å². The smallest absolute Gasteiger partial charge is 0.281 e. The fourth-order valence-electron chi connectivity index (χ4n) is 3.90. The van der Waals surface area contributed by atoms with Crippen molar-refractivity contribution in [1.29, 1.82) is 0 Å². The normalized spacial score (nSPS) is 14.2. The van der Waals surface area contributed by atoms with Crippen molar-refractivity contribution in [2.45, 2.75) is 6.42 Å². The lowest BCUT2D eigenvalue weighted by molar-refractivity contribution is 0.467. The number of nitrogens with one attached hydrogen (secondary N) is 2. The van der Waals surface area contributed by atoms with Crippen LogP contribution >= 0.6 is 23.2 Å². The second kappa shape index (κ2) is 9.05. The molecule has 0 radical (unpaired) electrons. The molecule has 2 N–H and O–H groups in total. The van der Waals surface area contributed by atoms with Gasteiger partial charge in [-0.2, -0.15) is 0 Å². The number of piperazine rings is 1. The third-order valence-electron chi connectivity index (χ3n) is 5.43. The van der Waals surface area contributed by atoms with E-state index in [-0.39, 0.29) is 21.5 Å². The van der Waals surface area contributed by atoms with Crippen molar-refractivity contribution in [3.05, 3.63) is 62.8 Å². The van der Waals surface area contributed by atoms with Gasteiger partial charge in [-0.1, -0.05) is 23.2 Å². The van der Waals surface area contributed by atoms with Gasteiger partial charge in [0.05, 0.1) is 15.9 Å². The van der Waals surface area contributed by atoms with Crippen LogP contribution in [0.5, 0.6) is 0 Å². The molecule has 1 aliphatic heterocycles. The number of nitrogens with zero attached hydrogens (tertiary/aromatic N) is 6. The highest BCUT2D eigenvalue weighted by Crippen LogP contribution is 2.23. The lowest BCUT2D eigenvalue weighted by Gasteiger charge is -2.32. The van der Waals surface area contributed by atoms with Crippen LogP contribution in [-0.2, 0) is 6.42 Å². The Bertz CT molecular complexity index is 1410. The fourth-order valence-corrected chi connectivity index (χ4v) is 4.28. The van der Waals surface area contributed by atoms with Crippen LogP contribution < -0.4 is 21.2 Å². The molecule has 170 valence electrons. The molecule has 0 atom stereocenters. The number of aromatic nitrogens is 5. The van der Waals surface area contributed by atoms with E-state index >= 15 is 0 Å². The van der Waals surface area contributed by atoms with Crippen molar-refractivity contribution in [3.63, 3.8) is 0 Å². The molecule has 0 bridgehead atoms. The average molecular weight is 489 g/mol. The molecule has 0 saturated carbocycles. The van der Waals surface area contributed by atoms with Gasteiger partial charge in [-0.25, -0.2) is 29.0 Å². The minimum atomic E-state index is -0.589. The zero-order valence-corrected chi connectivity index (χ0v) is 18.9.